The van der Waals surface area contributed by atoms with Crippen LogP contribution in [-0.2, 0) is 6.54 Å². The Morgan fingerprint density at radius 2 is 1.95 bits per heavy atom. The smallest absolute Gasteiger partial charge is 0.304 e. The van der Waals surface area contributed by atoms with Crippen LogP contribution in [0.4, 0.5) is 20.2 Å². The van der Waals surface area contributed by atoms with E-state index < -0.39 is 22.2 Å². The van der Waals surface area contributed by atoms with E-state index >= 15 is 0 Å². The van der Waals surface area contributed by atoms with Crippen molar-refractivity contribution in [3.05, 3.63) is 63.7 Å². The van der Waals surface area contributed by atoms with E-state index in [-0.39, 0.29) is 12.3 Å². The molecule has 21 heavy (non-hydrogen) atoms. The first kappa shape index (κ1) is 14.7. The van der Waals surface area contributed by atoms with E-state index in [1.807, 2.05) is 0 Å². The third kappa shape index (κ3) is 3.44. The molecular weight excluding hydrogens is 282 g/mol. The predicted molar refractivity (Wildman–Crippen MR) is 73.3 cm³/mol. The van der Waals surface area contributed by atoms with Crippen LogP contribution in [0.15, 0.2) is 36.4 Å². The summed E-state index contributed by atoms with van der Waals surface area (Å²) in [4.78, 5) is 9.71. The zero-order valence-electron chi connectivity index (χ0n) is 11.1. The Bertz CT molecular complexity index is 677. The third-order valence-electron chi connectivity index (χ3n) is 2.86. The number of anilines is 1. The van der Waals surface area contributed by atoms with Gasteiger partial charge in [-0.25, -0.2) is 4.39 Å². The maximum absolute atomic E-state index is 13.5. The van der Waals surface area contributed by atoms with Gasteiger partial charge >= 0.3 is 5.69 Å². The predicted octanol–water partition coefficient (Wildman–Crippen LogP) is 3.49. The molecule has 2 rings (SSSR count). The van der Waals surface area contributed by atoms with Crippen molar-refractivity contribution in [1.29, 1.82) is 0 Å². The quantitative estimate of drug-likeness (QED) is 0.677. The first-order valence-corrected chi connectivity index (χ1v) is 6.01. The third-order valence-corrected chi connectivity index (χ3v) is 2.86. The summed E-state index contributed by atoms with van der Waals surface area (Å²) in [5, 5.41) is 13.4. The van der Waals surface area contributed by atoms with Crippen molar-refractivity contribution in [2.45, 2.75) is 6.54 Å². The largest absolute Gasteiger partial charge is 0.494 e. The van der Waals surface area contributed by atoms with E-state index in [4.69, 9.17) is 4.74 Å². The van der Waals surface area contributed by atoms with Crippen LogP contribution in [0, 0.1) is 21.7 Å². The van der Waals surface area contributed by atoms with Crippen molar-refractivity contribution in [3.63, 3.8) is 0 Å². The Kier molecular flexibility index (Phi) is 4.32. The van der Waals surface area contributed by atoms with Crippen LogP contribution in [0.25, 0.3) is 0 Å². The molecule has 2 aromatic carbocycles. The minimum atomic E-state index is -0.925. The first-order chi connectivity index (χ1) is 10.0. The number of ether oxygens (including phenoxy) is 1. The van der Waals surface area contributed by atoms with Crippen molar-refractivity contribution >= 4 is 11.4 Å². The molecule has 0 bridgehead atoms. The Morgan fingerprint density at radius 1 is 1.19 bits per heavy atom. The molecule has 0 spiro atoms. The van der Waals surface area contributed by atoms with Crippen molar-refractivity contribution in [1.82, 2.24) is 0 Å². The number of methoxy groups -OCH3 is 1. The minimum Gasteiger partial charge on any atom is -0.494 e. The van der Waals surface area contributed by atoms with E-state index in [0.717, 1.165) is 12.1 Å². The molecule has 110 valence electrons. The van der Waals surface area contributed by atoms with E-state index in [0.29, 0.717) is 11.3 Å². The lowest BCUT2D eigenvalue weighted by atomic mass is 10.2. The Labute approximate surface area is 119 Å². The van der Waals surface area contributed by atoms with Gasteiger partial charge in [0.05, 0.1) is 12.0 Å². The van der Waals surface area contributed by atoms with Gasteiger partial charge in [0.25, 0.3) is 0 Å². The fourth-order valence-electron chi connectivity index (χ4n) is 1.79. The maximum atomic E-state index is 13.5. The molecule has 0 fully saturated rings. The first-order valence-electron chi connectivity index (χ1n) is 6.01. The van der Waals surface area contributed by atoms with Crippen LogP contribution in [-0.4, -0.2) is 12.0 Å². The van der Waals surface area contributed by atoms with Crippen molar-refractivity contribution in [2.24, 2.45) is 0 Å². The molecule has 0 saturated heterocycles. The highest BCUT2D eigenvalue weighted by Gasteiger charge is 2.13. The topological polar surface area (TPSA) is 64.4 Å². The molecule has 0 aliphatic carbocycles. The van der Waals surface area contributed by atoms with Crippen molar-refractivity contribution in [2.75, 3.05) is 12.4 Å². The summed E-state index contributed by atoms with van der Waals surface area (Å²) in [5.74, 6) is -1.28. The molecular formula is C14H12F2N2O3. The van der Waals surface area contributed by atoms with Crippen molar-refractivity contribution < 1.29 is 18.4 Å². The van der Waals surface area contributed by atoms with Gasteiger partial charge in [0.15, 0.2) is 11.6 Å². The summed E-state index contributed by atoms with van der Waals surface area (Å²) in [7, 11) is 1.37. The Morgan fingerprint density at radius 3 is 2.52 bits per heavy atom. The van der Waals surface area contributed by atoms with Crippen LogP contribution >= 0.6 is 0 Å². The summed E-state index contributed by atoms with van der Waals surface area (Å²) in [6, 6.07) is 7.94. The van der Waals surface area contributed by atoms with Gasteiger partial charge in [-0.1, -0.05) is 6.07 Å². The number of hydrogen-bond acceptors (Lipinski definition) is 4. The average Bonchev–Trinajstić information content (AvgIpc) is 2.45. The number of halogens is 2. The summed E-state index contributed by atoms with van der Waals surface area (Å²) < 4.78 is 31.7. The van der Waals surface area contributed by atoms with Crippen LogP contribution in [0.5, 0.6) is 5.75 Å². The Balaban J connectivity index is 2.08. The molecule has 0 amide bonds. The zero-order valence-corrected chi connectivity index (χ0v) is 11.1. The second-order valence-corrected chi connectivity index (χ2v) is 4.25. The lowest BCUT2D eigenvalue weighted by molar-refractivity contribution is -0.387. The molecule has 0 atom stereocenters. The average molecular weight is 294 g/mol. The lowest BCUT2D eigenvalue weighted by Crippen LogP contribution is -2.01. The van der Waals surface area contributed by atoms with Gasteiger partial charge in [-0.2, -0.15) is 4.39 Å². The van der Waals surface area contributed by atoms with Gasteiger partial charge in [0, 0.05) is 24.4 Å². The van der Waals surface area contributed by atoms with Gasteiger partial charge < -0.3 is 10.1 Å². The number of hydrogen-bond donors (Lipinski definition) is 1. The molecule has 1 N–H and O–H groups in total. The molecule has 2 aromatic rings. The molecule has 0 aliphatic rings. The fraction of sp³-hybridized carbons (Fsp3) is 0.143. The number of nitro benzene ring substituents is 1. The lowest BCUT2D eigenvalue weighted by Gasteiger charge is -2.08. The summed E-state index contributed by atoms with van der Waals surface area (Å²) in [6.45, 7) is 0.248. The monoisotopic (exact) mass is 294 g/mol. The fourth-order valence-corrected chi connectivity index (χ4v) is 1.79. The van der Waals surface area contributed by atoms with Gasteiger partial charge in [-0.05, 0) is 23.8 Å². The summed E-state index contributed by atoms with van der Waals surface area (Å²) in [5.41, 5.74) is 0.414. The highest BCUT2D eigenvalue weighted by Crippen LogP contribution is 2.22. The number of rotatable bonds is 5. The van der Waals surface area contributed by atoms with Gasteiger partial charge in [0.1, 0.15) is 0 Å². The molecule has 7 heteroatoms. The van der Waals surface area contributed by atoms with Crippen molar-refractivity contribution in [3.8, 4) is 5.75 Å². The molecule has 0 aliphatic heterocycles. The maximum Gasteiger partial charge on any atom is 0.304 e. The summed E-state index contributed by atoms with van der Waals surface area (Å²) in [6.07, 6.45) is 0. The minimum absolute atomic E-state index is 0.139. The highest BCUT2D eigenvalue weighted by molar-refractivity contribution is 5.50. The second kappa shape index (κ2) is 6.17. The molecule has 0 heterocycles. The SMILES string of the molecule is COc1ccc(CNc2ccc([N+](=O)[O-])c(F)c2)cc1F. The van der Waals surface area contributed by atoms with Crippen LogP contribution in [0.2, 0.25) is 0 Å². The van der Waals surface area contributed by atoms with Gasteiger partial charge in [-0.15, -0.1) is 0 Å². The molecule has 0 unspecified atom stereocenters. The van der Waals surface area contributed by atoms with E-state index in [9.17, 15) is 18.9 Å². The summed E-state index contributed by atoms with van der Waals surface area (Å²) >= 11 is 0. The van der Waals surface area contributed by atoms with E-state index in [1.54, 1.807) is 6.07 Å². The highest BCUT2D eigenvalue weighted by atomic mass is 19.1. The van der Waals surface area contributed by atoms with Crippen LogP contribution in [0.3, 0.4) is 0 Å². The standard InChI is InChI=1S/C14H12F2N2O3/c1-21-14-5-2-9(6-12(14)16)8-17-10-3-4-13(18(19)20)11(15)7-10/h2-7,17H,8H2,1H3. The molecule has 5 nitrogen and oxygen atoms in total. The second-order valence-electron chi connectivity index (χ2n) is 4.25. The van der Waals surface area contributed by atoms with Crippen LogP contribution in [0.1, 0.15) is 5.56 Å². The van der Waals surface area contributed by atoms with E-state index in [2.05, 4.69) is 5.32 Å². The zero-order chi connectivity index (χ0) is 15.4. The molecule has 0 radical (unpaired) electrons. The Hall–Kier alpha value is -2.70. The van der Waals surface area contributed by atoms with E-state index in [1.165, 1.54) is 25.3 Å². The van der Waals surface area contributed by atoms with Gasteiger partial charge in [0.2, 0.25) is 5.82 Å². The molecule has 0 saturated carbocycles. The normalized spacial score (nSPS) is 10.2. The number of benzene rings is 2. The van der Waals surface area contributed by atoms with Gasteiger partial charge in [-0.3, -0.25) is 10.1 Å². The number of nitrogens with one attached hydrogen (secondary N) is 1. The van der Waals surface area contributed by atoms with Crippen LogP contribution < -0.4 is 10.1 Å². The molecule has 0 aromatic heterocycles. The number of nitro groups is 1. The number of nitrogens with zero attached hydrogens (tertiary/aromatic N) is 1.